The predicted molar refractivity (Wildman–Crippen MR) is 50.3 cm³/mol. The van der Waals surface area contributed by atoms with Crippen LogP contribution in [0.5, 0.6) is 0 Å². The van der Waals surface area contributed by atoms with Gasteiger partial charge in [-0.25, -0.2) is 0 Å². The molecule has 0 aliphatic rings. The molecule has 0 spiro atoms. The molecular weight excluding hydrogens is 170 g/mol. The Labute approximate surface area is 79.4 Å². The van der Waals surface area contributed by atoms with Gasteiger partial charge in [-0.15, -0.1) is 0 Å². The highest BCUT2D eigenvalue weighted by molar-refractivity contribution is 5.75. The monoisotopic (exact) mass is 189 g/mol. The predicted octanol–water partition coefficient (Wildman–Crippen LogP) is 0.693. The highest BCUT2D eigenvalue weighted by Gasteiger charge is 2.13. The van der Waals surface area contributed by atoms with Gasteiger partial charge < -0.3 is 15.2 Å². The molecule has 78 valence electrons. The molecule has 0 rings (SSSR count). The summed E-state index contributed by atoms with van der Waals surface area (Å²) in [6.07, 6.45) is 2.70. The Kier molecular flexibility index (Phi) is 7.63. The van der Waals surface area contributed by atoms with Gasteiger partial charge in [0, 0.05) is 7.11 Å². The maximum atomic E-state index is 11.1. The number of esters is 1. The molecule has 0 aliphatic carbocycles. The Bertz CT molecular complexity index is 139. The first kappa shape index (κ1) is 12.4. The lowest BCUT2D eigenvalue weighted by Crippen LogP contribution is -2.32. The van der Waals surface area contributed by atoms with Crippen LogP contribution in [0.1, 0.15) is 26.2 Å². The zero-order chi connectivity index (χ0) is 10.1. The molecule has 0 aliphatic heterocycles. The van der Waals surface area contributed by atoms with Crippen LogP contribution in [0.25, 0.3) is 0 Å². The highest BCUT2D eigenvalue weighted by atomic mass is 16.6. The average molecular weight is 189 g/mol. The molecule has 0 fully saturated rings. The number of nitrogens with two attached hydrogens (primary N) is 1. The Balaban J connectivity index is 3.45. The fourth-order valence-corrected chi connectivity index (χ4v) is 0.875. The number of unbranched alkanes of at least 4 members (excludes halogenated alkanes) is 1. The van der Waals surface area contributed by atoms with Crippen LogP contribution in [0.15, 0.2) is 0 Å². The van der Waals surface area contributed by atoms with E-state index >= 15 is 0 Å². The second-order valence-electron chi connectivity index (χ2n) is 2.91. The number of hydrogen-bond acceptors (Lipinski definition) is 4. The number of hydrogen-bond donors (Lipinski definition) is 1. The van der Waals surface area contributed by atoms with Gasteiger partial charge in [0.05, 0.1) is 6.61 Å². The zero-order valence-electron chi connectivity index (χ0n) is 8.41. The molecule has 1 atom stereocenters. The van der Waals surface area contributed by atoms with Crippen LogP contribution in [-0.2, 0) is 14.3 Å². The van der Waals surface area contributed by atoms with Gasteiger partial charge in [-0.3, -0.25) is 4.79 Å². The van der Waals surface area contributed by atoms with Crippen molar-refractivity contribution in [1.82, 2.24) is 0 Å². The van der Waals surface area contributed by atoms with Gasteiger partial charge in [0.25, 0.3) is 0 Å². The molecular formula is C9H19NO3. The van der Waals surface area contributed by atoms with E-state index in [1.54, 1.807) is 7.11 Å². The molecule has 0 heterocycles. The van der Waals surface area contributed by atoms with E-state index in [0.29, 0.717) is 13.0 Å². The van der Waals surface area contributed by atoms with E-state index in [1.807, 2.05) is 0 Å². The van der Waals surface area contributed by atoms with Crippen molar-refractivity contribution in [3.8, 4) is 0 Å². The first-order valence-electron chi connectivity index (χ1n) is 4.63. The van der Waals surface area contributed by atoms with Crippen molar-refractivity contribution in [3.63, 3.8) is 0 Å². The lowest BCUT2D eigenvalue weighted by molar-refractivity contribution is -0.146. The van der Waals surface area contributed by atoms with Crippen molar-refractivity contribution in [1.29, 1.82) is 0 Å². The molecule has 0 amide bonds. The van der Waals surface area contributed by atoms with Crippen molar-refractivity contribution >= 4 is 5.97 Å². The lowest BCUT2D eigenvalue weighted by atomic mass is 10.1. The number of carbonyl (C=O) groups excluding carboxylic acids is 1. The summed E-state index contributed by atoms with van der Waals surface area (Å²) in [5, 5.41) is 0. The van der Waals surface area contributed by atoms with Gasteiger partial charge >= 0.3 is 5.97 Å². The van der Waals surface area contributed by atoms with Gasteiger partial charge in [-0.1, -0.05) is 19.8 Å². The van der Waals surface area contributed by atoms with Gasteiger partial charge in [0.15, 0.2) is 0 Å². The van der Waals surface area contributed by atoms with E-state index in [-0.39, 0.29) is 12.6 Å². The largest absolute Gasteiger partial charge is 0.462 e. The topological polar surface area (TPSA) is 61.6 Å². The minimum Gasteiger partial charge on any atom is -0.462 e. The number of ether oxygens (including phenoxy) is 2. The van der Waals surface area contributed by atoms with Crippen molar-refractivity contribution in [3.05, 3.63) is 0 Å². The normalized spacial score (nSPS) is 12.5. The van der Waals surface area contributed by atoms with Crippen LogP contribution in [0.2, 0.25) is 0 Å². The van der Waals surface area contributed by atoms with Crippen molar-refractivity contribution in [2.24, 2.45) is 5.73 Å². The second kappa shape index (κ2) is 8.01. The Morgan fingerprint density at radius 3 is 2.69 bits per heavy atom. The van der Waals surface area contributed by atoms with Crippen LogP contribution < -0.4 is 5.73 Å². The van der Waals surface area contributed by atoms with Crippen LogP contribution in [0.3, 0.4) is 0 Å². The molecule has 4 heteroatoms. The summed E-state index contributed by atoms with van der Waals surface area (Å²) in [4.78, 5) is 11.1. The van der Waals surface area contributed by atoms with Crippen LogP contribution in [0, 0.1) is 0 Å². The summed E-state index contributed by atoms with van der Waals surface area (Å²) in [5.74, 6) is -0.328. The van der Waals surface area contributed by atoms with Crippen molar-refractivity contribution in [2.45, 2.75) is 32.2 Å². The minimum absolute atomic E-state index is 0.287. The van der Waals surface area contributed by atoms with E-state index in [1.165, 1.54) is 0 Å². The molecule has 0 saturated heterocycles. The molecule has 0 aromatic heterocycles. The summed E-state index contributed by atoms with van der Waals surface area (Å²) < 4.78 is 9.59. The van der Waals surface area contributed by atoms with E-state index in [9.17, 15) is 4.79 Å². The molecule has 1 unspecified atom stereocenters. The third kappa shape index (κ3) is 6.54. The maximum Gasteiger partial charge on any atom is 0.322 e. The Hall–Kier alpha value is -0.610. The first-order chi connectivity index (χ1) is 6.22. The summed E-state index contributed by atoms with van der Waals surface area (Å²) in [5.41, 5.74) is 5.57. The van der Waals surface area contributed by atoms with E-state index in [2.05, 4.69) is 6.92 Å². The second-order valence-corrected chi connectivity index (χ2v) is 2.91. The first-order valence-corrected chi connectivity index (χ1v) is 4.63. The molecule has 0 aromatic rings. The van der Waals surface area contributed by atoms with Gasteiger partial charge in [0.1, 0.15) is 12.6 Å². The number of methoxy groups -OCH3 is 1. The Morgan fingerprint density at radius 1 is 1.46 bits per heavy atom. The number of carbonyl (C=O) groups is 1. The molecule has 4 nitrogen and oxygen atoms in total. The number of rotatable bonds is 7. The molecule has 0 saturated carbocycles. The van der Waals surface area contributed by atoms with Gasteiger partial charge in [-0.05, 0) is 6.42 Å². The minimum atomic E-state index is -0.475. The average Bonchev–Trinajstić information content (AvgIpc) is 2.14. The summed E-state index contributed by atoms with van der Waals surface area (Å²) in [6.45, 7) is 2.77. The molecule has 0 aromatic carbocycles. The summed E-state index contributed by atoms with van der Waals surface area (Å²) >= 11 is 0. The molecule has 0 radical (unpaired) electrons. The van der Waals surface area contributed by atoms with E-state index < -0.39 is 6.04 Å². The fraction of sp³-hybridized carbons (Fsp3) is 0.889. The highest BCUT2D eigenvalue weighted by Crippen LogP contribution is 1.99. The zero-order valence-corrected chi connectivity index (χ0v) is 8.41. The molecule has 0 bridgehead atoms. The molecule has 13 heavy (non-hydrogen) atoms. The SMILES string of the molecule is CCCCC(N)C(=O)OCCOC. The quantitative estimate of drug-likeness (QED) is 0.473. The summed E-state index contributed by atoms with van der Waals surface area (Å²) in [7, 11) is 1.56. The van der Waals surface area contributed by atoms with Crippen LogP contribution in [-0.4, -0.2) is 32.3 Å². The van der Waals surface area contributed by atoms with Gasteiger partial charge in [-0.2, -0.15) is 0 Å². The smallest absolute Gasteiger partial charge is 0.322 e. The third-order valence-corrected chi connectivity index (χ3v) is 1.70. The van der Waals surface area contributed by atoms with Crippen LogP contribution >= 0.6 is 0 Å². The van der Waals surface area contributed by atoms with Crippen LogP contribution in [0.4, 0.5) is 0 Å². The summed E-state index contributed by atoms with van der Waals surface area (Å²) in [6, 6.07) is -0.475. The third-order valence-electron chi connectivity index (χ3n) is 1.70. The van der Waals surface area contributed by atoms with E-state index in [4.69, 9.17) is 15.2 Å². The van der Waals surface area contributed by atoms with Gasteiger partial charge in [0.2, 0.25) is 0 Å². The van der Waals surface area contributed by atoms with E-state index in [0.717, 1.165) is 12.8 Å². The molecule has 2 N–H and O–H groups in total. The van der Waals surface area contributed by atoms with Crippen molar-refractivity contribution < 1.29 is 14.3 Å². The Morgan fingerprint density at radius 2 is 2.15 bits per heavy atom. The van der Waals surface area contributed by atoms with Crippen molar-refractivity contribution in [2.75, 3.05) is 20.3 Å². The standard InChI is InChI=1S/C9H19NO3/c1-3-4-5-8(10)9(11)13-7-6-12-2/h8H,3-7,10H2,1-2H3. The maximum absolute atomic E-state index is 11.1. The fourth-order valence-electron chi connectivity index (χ4n) is 0.875. The lowest BCUT2D eigenvalue weighted by Gasteiger charge is -2.10.